The maximum atomic E-state index is 10.8. The Bertz CT molecular complexity index is 450. The summed E-state index contributed by atoms with van der Waals surface area (Å²) in [5.41, 5.74) is 2.13. The first-order valence-corrected chi connectivity index (χ1v) is 6.22. The molecule has 1 unspecified atom stereocenters. The number of ether oxygens (including phenoxy) is 1. The molecular weight excluding hydrogens is 230 g/mol. The third kappa shape index (κ3) is 2.82. The molecule has 4 nitrogen and oxygen atoms in total. The summed E-state index contributed by atoms with van der Waals surface area (Å²) in [6.45, 7) is 5.59. The molecule has 1 aromatic carbocycles. The Kier molecular flexibility index (Phi) is 3.57. The average Bonchev–Trinajstić information content (AvgIpc) is 2.75. The summed E-state index contributed by atoms with van der Waals surface area (Å²) in [5.74, 6) is -0.893. The molecule has 0 spiro atoms. The number of aryl methyl sites for hydroxylation is 1. The van der Waals surface area contributed by atoms with E-state index in [-0.39, 0.29) is 5.60 Å². The van der Waals surface area contributed by atoms with Gasteiger partial charge in [-0.1, -0.05) is 0 Å². The molecule has 1 aliphatic rings. The van der Waals surface area contributed by atoms with Crippen LogP contribution in [0.25, 0.3) is 0 Å². The summed E-state index contributed by atoms with van der Waals surface area (Å²) in [7, 11) is 0. The molecule has 0 aromatic heterocycles. The van der Waals surface area contributed by atoms with E-state index in [0.29, 0.717) is 5.56 Å². The SMILES string of the molecule is Cc1cc(C(=O)O)ccc1NCC1(C)CCCO1. The fourth-order valence-electron chi connectivity index (χ4n) is 2.25. The number of carbonyl (C=O) groups is 1. The van der Waals surface area contributed by atoms with Gasteiger partial charge in [-0.05, 0) is 50.5 Å². The second-order valence-corrected chi connectivity index (χ2v) is 5.09. The number of carboxylic acids is 1. The zero-order valence-corrected chi connectivity index (χ0v) is 10.8. The van der Waals surface area contributed by atoms with Crippen LogP contribution >= 0.6 is 0 Å². The fraction of sp³-hybridized carbons (Fsp3) is 0.500. The summed E-state index contributed by atoms with van der Waals surface area (Å²) >= 11 is 0. The quantitative estimate of drug-likeness (QED) is 0.861. The maximum absolute atomic E-state index is 10.8. The second-order valence-electron chi connectivity index (χ2n) is 5.09. The van der Waals surface area contributed by atoms with Gasteiger partial charge in [-0.25, -0.2) is 4.79 Å². The predicted molar refractivity (Wildman–Crippen MR) is 70.2 cm³/mol. The van der Waals surface area contributed by atoms with Crippen molar-refractivity contribution < 1.29 is 14.6 Å². The van der Waals surface area contributed by atoms with Crippen LogP contribution in [-0.4, -0.2) is 29.8 Å². The van der Waals surface area contributed by atoms with Crippen LogP contribution in [0.2, 0.25) is 0 Å². The topological polar surface area (TPSA) is 58.6 Å². The van der Waals surface area contributed by atoms with Crippen LogP contribution in [0, 0.1) is 6.92 Å². The van der Waals surface area contributed by atoms with Gasteiger partial charge in [-0.15, -0.1) is 0 Å². The number of aromatic carboxylic acids is 1. The third-order valence-corrected chi connectivity index (χ3v) is 3.43. The lowest BCUT2D eigenvalue weighted by atomic mass is 10.0. The molecule has 1 atom stereocenters. The molecular formula is C14H19NO3. The van der Waals surface area contributed by atoms with Gasteiger partial charge in [-0.3, -0.25) is 0 Å². The van der Waals surface area contributed by atoms with Crippen molar-refractivity contribution in [3.8, 4) is 0 Å². The highest BCUT2D eigenvalue weighted by atomic mass is 16.5. The van der Waals surface area contributed by atoms with E-state index in [1.54, 1.807) is 12.1 Å². The van der Waals surface area contributed by atoms with E-state index in [9.17, 15) is 4.79 Å². The van der Waals surface area contributed by atoms with Gasteiger partial charge in [0.2, 0.25) is 0 Å². The van der Waals surface area contributed by atoms with Crippen LogP contribution in [0.15, 0.2) is 18.2 Å². The highest BCUT2D eigenvalue weighted by Crippen LogP contribution is 2.26. The van der Waals surface area contributed by atoms with E-state index < -0.39 is 5.97 Å². The number of hydrogen-bond acceptors (Lipinski definition) is 3. The Hall–Kier alpha value is -1.55. The monoisotopic (exact) mass is 249 g/mol. The van der Waals surface area contributed by atoms with Gasteiger partial charge < -0.3 is 15.2 Å². The van der Waals surface area contributed by atoms with E-state index in [0.717, 1.165) is 37.2 Å². The van der Waals surface area contributed by atoms with Crippen LogP contribution in [0.1, 0.15) is 35.7 Å². The Labute approximate surface area is 107 Å². The molecule has 2 N–H and O–H groups in total. The van der Waals surface area contributed by atoms with Gasteiger partial charge in [0, 0.05) is 18.8 Å². The van der Waals surface area contributed by atoms with Crippen molar-refractivity contribution in [3.63, 3.8) is 0 Å². The maximum Gasteiger partial charge on any atom is 0.335 e. The minimum absolute atomic E-state index is 0.0993. The van der Waals surface area contributed by atoms with E-state index >= 15 is 0 Å². The molecule has 0 radical (unpaired) electrons. The normalized spacial score (nSPS) is 23.0. The number of nitrogens with one attached hydrogen (secondary N) is 1. The molecule has 1 aromatic rings. The highest BCUT2D eigenvalue weighted by molar-refractivity contribution is 5.88. The van der Waals surface area contributed by atoms with Gasteiger partial charge in [0.1, 0.15) is 0 Å². The molecule has 1 fully saturated rings. The van der Waals surface area contributed by atoms with Crippen LogP contribution < -0.4 is 5.32 Å². The Morgan fingerprint density at radius 3 is 2.89 bits per heavy atom. The minimum Gasteiger partial charge on any atom is -0.478 e. The van der Waals surface area contributed by atoms with Crippen molar-refractivity contribution in [3.05, 3.63) is 29.3 Å². The Balaban J connectivity index is 2.03. The van der Waals surface area contributed by atoms with Crippen molar-refractivity contribution in [2.45, 2.75) is 32.3 Å². The average molecular weight is 249 g/mol. The summed E-state index contributed by atoms with van der Waals surface area (Å²) in [6.07, 6.45) is 2.17. The molecule has 1 saturated heterocycles. The Morgan fingerprint density at radius 1 is 1.56 bits per heavy atom. The molecule has 1 aliphatic heterocycles. The van der Waals surface area contributed by atoms with Gasteiger partial charge in [-0.2, -0.15) is 0 Å². The fourth-order valence-corrected chi connectivity index (χ4v) is 2.25. The van der Waals surface area contributed by atoms with Crippen molar-refractivity contribution >= 4 is 11.7 Å². The van der Waals surface area contributed by atoms with Gasteiger partial charge in [0.15, 0.2) is 0 Å². The van der Waals surface area contributed by atoms with Crippen molar-refractivity contribution in [2.24, 2.45) is 0 Å². The predicted octanol–water partition coefficient (Wildman–Crippen LogP) is 2.67. The molecule has 0 saturated carbocycles. The lowest BCUT2D eigenvalue weighted by Crippen LogP contribution is -2.32. The van der Waals surface area contributed by atoms with E-state index in [2.05, 4.69) is 12.2 Å². The number of anilines is 1. The van der Waals surface area contributed by atoms with Crippen LogP contribution in [0.5, 0.6) is 0 Å². The Morgan fingerprint density at radius 2 is 2.33 bits per heavy atom. The smallest absolute Gasteiger partial charge is 0.335 e. The largest absolute Gasteiger partial charge is 0.478 e. The first-order valence-electron chi connectivity index (χ1n) is 6.22. The molecule has 1 heterocycles. The van der Waals surface area contributed by atoms with Crippen molar-refractivity contribution in [1.29, 1.82) is 0 Å². The highest BCUT2D eigenvalue weighted by Gasteiger charge is 2.29. The molecule has 2 rings (SSSR count). The zero-order chi connectivity index (χ0) is 13.2. The lowest BCUT2D eigenvalue weighted by Gasteiger charge is -2.24. The number of hydrogen-bond donors (Lipinski definition) is 2. The van der Waals surface area contributed by atoms with E-state index in [1.807, 2.05) is 13.0 Å². The molecule has 98 valence electrons. The number of rotatable bonds is 4. The first-order chi connectivity index (χ1) is 8.50. The molecule has 18 heavy (non-hydrogen) atoms. The van der Waals surface area contributed by atoms with Crippen LogP contribution in [0.4, 0.5) is 5.69 Å². The van der Waals surface area contributed by atoms with Crippen molar-refractivity contribution in [2.75, 3.05) is 18.5 Å². The summed E-state index contributed by atoms with van der Waals surface area (Å²) in [5, 5.41) is 12.2. The standard InChI is InChI=1S/C14H19NO3/c1-10-8-11(13(16)17)4-5-12(10)15-9-14(2)6-3-7-18-14/h4-5,8,15H,3,6-7,9H2,1-2H3,(H,16,17). The molecule has 0 aliphatic carbocycles. The number of benzene rings is 1. The van der Waals surface area contributed by atoms with Gasteiger partial charge >= 0.3 is 5.97 Å². The third-order valence-electron chi connectivity index (χ3n) is 3.43. The lowest BCUT2D eigenvalue weighted by molar-refractivity contribution is 0.0315. The molecule has 0 bridgehead atoms. The minimum atomic E-state index is -0.893. The van der Waals surface area contributed by atoms with E-state index in [1.165, 1.54) is 0 Å². The van der Waals surface area contributed by atoms with Crippen LogP contribution in [0.3, 0.4) is 0 Å². The van der Waals surface area contributed by atoms with Crippen LogP contribution in [-0.2, 0) is 4.74 Å². The second kappa shape index (κ2) is 4.98. The summed E-state index contributed by atoms with van der Waals surface area (Å²) in [6, 6.07) is 5.12. The molecule has 4 heteroatoms. The summed E-state index contributed by atoms with van der Waals surface area (Å²) in [4.78, 5) is 10.8. The first kappa shape index (κ1) is 12.9. The molecule has 0 amide bonds. The van der Waals surface area contributed by atoms with E-state index in [4.69, 9.17) is 9.84 Å². The van der Waals surface area contributed by atoms with Crippen molar-refractivity contribution in [1.82, 2.24) is 0 Å². The summed E-state index contributed by atoms with van der Waals surface area (Å²) < 4.78 is 5.71. The zero-order valence-electron chi connectivity index (χ0n) is 10.8. The van der Waals surface area contributed by atoms with Gasteiger partial charge in [0.25, 0.3) is 0 Å². The number of carboxylic acid groups (broad SMARTS) is 1. The van der Waals surface area contributed by atoms with Gasteiger partial charge in [0.05, 0.1) is 11.2 Å².